The summed E-state index contributed by atoms with van der Waals surface area (Å²) in [6.45, 7) is 2.22. The maximum atomic E-state index is 9.76. The highest BCUT2D eigenvalue weighted by molar-refractivity contribution is 5.52. The molecule has 1 aromatic carbocycles. The maximum Gasteiger partial charge on any atom is 0.202 e. The van der Waals surface area contributed by atoms with Crippen molar-refractivity contribution in [3.8, 4) is 17.2 Å². The Kier molecular flexibility index (Phi) is 10.0. The first kappa shape index (κ1) is 19.4. The lowest BCUT2D eigenvalue weighted by molar-refractivity contribution is 0.344. The van der Waals surface area contributed by atoms with E-state index in [0.717, 1.165) is 18.4 Å². The number of ether oxygens (including phenoxy) is 1. The quantitative estimate of drug-likeness (QED) is 0.381. The smallest absolute Gasteiger partial charge is 0.202 e. The number of allylic oxidation sites excluding steroid dienone is 2. The van der Waals surface area contributed by atoms with Crippen LogP contribution in [0, 0.1) is 0 Å². The van der Waals surface area contributed by atoms with Gasteiger partial charge in [0.2, 0.25) is 5.75 Å². The fraction of sp³-hybridized carbons (Fsp3) is 0.600. The molecule has 0 aromatic heterocycles. The van der Waals surface area contributed by atoms with Crippen molar-refractivity contribution in [2.75, 3.05) is 7.11 Å². The van der Waals surface area contributed by atoms with E-state index in [4.69, 9.17) is 4.74 Å². The number of aryl methyl sites for hydroxylation is 1. The summed E-state index contributed by atoms with van der Waals surface area (Å²) >= 11 is 0. The monoisotopic (exact) mass is 320 g/mol. The molecule has 0 unspecified atom stereocenters. The average molecular weight is 320 g/mol. The molecule has 1 aromatic rings. The molecule has 0 saturated heterocycles. The third-order valence-electron chi connectivity index (χ3n) is 4.04. The van der Waals surface area contributed by atoms with Crippen LogP contribution in [0.4, 0.5) is 0 Å². The van der Waals surface area contributed by atoms with E-state index in [1.165, 1.54) is 58.5 Å². The molecule has 0 heterocycles. The van der Waals surface area contributed by atoms with Gasteiger partial charge < -0.3 is 14.9 Å². The van der Waals surface area contributed by atoms with Crippen molar-refractivity contribution in [3.63, 3.8) is 0 Å². The molecule has 3 heteroatoms. The van der Waals surface area contributed by atoms with E-state index in [2.05, 4.69) is 19.1 Å². The minimum atomic E-state index is 0.0114. The number of phenols is 2. The highest BCUT2D eigenvalue weighted by Crippen LogP contribution is 2.36. The summed E-state index contributed by atoms with van der Waals surface area (Å²) in [5.74, 6) is 0.176. The Morgan fingerprint density at radius 1 is 0.870 bits per heavy atom. The van der Waals surface area contributed by atoms with E-state index in [9.17, 15) is 10.2 Å². The lowest BCUT2D eigenvalue weighted by Crippen LogP contribution is -1.90. The number of methoxy groups -OCH3 is 1. The predicted octanol–water partition coefficient (Wildman–Crippen LogP) is 5.74. The molecule has 0 saturated carbocycles. The number of hydrogen-bond donors (Lipinski definition) is 2. The Bertz CT molecular complexity index is 443. The Hall–Kier alpha value is -1.64. The zero-order chi connectivity index (χ0) is 16.9. The van der Waals surface area contributed by atoms with Gasteiger partial charge in [-0.05, 0) is 49.8 Å². The van der Waals surface area contributed by atoms with Crippen LogP contribution in [0.15, 0.2) is 24.3 Å². The van der Waals surface area contributed by atoms with Crippen molar-refractivity contribution in [1.29, 1.82) is 0 Å². The maximum absolute atomic E-state index is 9.76. The van der Waals surface area contributed by atoms with Crippen molar-refractivity contribution >= 4 is 0 Å². The average Bonchev–Trinajstić information content (AvgIpc) is 2.52. The van der Waals surface area contributed by atoms with Crippen molar-refractivity contribution in [1.82, 2.24) is 0 Å². The molecule has 0 radical (unpaired) electrons. The number of benzene rings is 1. The van der Waals surface area contributed by atoms with Gasteiger partial charge in [-0.2, -0.15) is 0 Å². The molecule has 0 aliphatic carbocycles. The Morgan fingerprint density at radius 2 is 1.43 bits per heavy atom. The minimum Gasteiger partial charge on any atom is -0.504 e. The first-order valence-corrected chi connectivity index (χ1v) is 8.92. The highest BCUT2D eigenvalue weighted by atomic mass is 16.5. The van der Waals surface area contributed by atoms with E-state index in [1.54, 1.807) is 12.1 Å². The lowest BCUT2D eigenvalue weighted by atomic mass is 10.0. The van der Waals surface area contributed by atoms with Crippen LogP contribution in [0.1, 0.15) is 70.3 Å². The summed E-state index contributed by atoms with van der Waals surface area (Å²) in [5, 5.41) is 19.5. The molecular formula is C20H32O3. The third kappa shape index (κ3) is 7.96. The molecule has 3 nitrogen and oxygen atoms in total. The van der Waals surface area contributed by atoms with Gasteiger partial charge >= 0.3 is 0 Å². The molecule has 0 bridgehead atoms. The van der Waals surface area contributed by atoms with Gasteiger partial charge in [-0.25, -0.2) is 0 Å². The molecule has 0 amide bonds. The Balaban J connectivity index is 2.10. The van der Waals surface area contributed by atoms with Gasteiger partial charge in [0.05, 0.1) is 7.11 Å². The highest BCUT2D eigenvalue weighted by Gasteiger charge is 2.09. The molecule has 0 aliphatic rings. The Labute approximate surface area is 141 Å². The predicted molar refractivity (Wildman–Crippen MR) is 96.4 cm³/mol. The topological polar surface area (TPSA) is 49.7 Å². The molecular weight excluding hydrogens is 288 g/mol. The van der Waals surface area contributed by atoms with Gasteiger partial charge in [0, 0.05) is 0 Å². The second-order valence-electron chi connectivity index (χ2n) is 6.09. The van der Waals surface area contributed by atoms with Crippen LogP contribution in [0.25, 0.3) is 0 Å². The zero-order valence-electron chi connectivity index (χ0n) is 14.7. The van der Waals surface area contributed by atoms with Gasteiger partial charge in [-0.15, -0.1) is 0 Å². The van der Waals surface area contributed by atoms with E-state index < -0.39 is 0 Å². The number of unbranched alkanes of at least 4 members (excludes halogenated alkanes) is 7. The van der Waals surface area contributed by atoms with Crippen molar-refractivity contribution in [3.05, 3.63) is 29.8 Å². The van der Waals surface area contributed by atoms with Crippen LogP contribution in [0.5, 0.6) is 17.2 Å². The summed E-state index contributed by atoms with van der Waals surface area (Å²) in [6.07, 6.45) is 16.6. The second-order valence-corrected chi connectivity index (χ2v) is 6.09. The van der Waals surface area contributed by atoms with Crippen LogP contribution >= 0.6 is 0 Å². The van der Waals surface area contributed by atoms with Crippen LogP contribution in [0.3, 0.4) is 0 Å². The summed E-state index contributed by atoms with van der Waals surface area (Å²) in [5.41, 5.74) is 0.958. The van der Waals surface area contributed by atoms with Crippen LogP contribution < -0.4 is 4.74 Å². The molecule has 130 valence electrons. The van der Waals surface area contributed by atoms with Crippen LogP contribution in [-0.2, 0) is 6.42 Å². The van der Waals surface area contributed by atoms with Gasteiger partial charge in [0.15, 0.2) is 11.5 Å². The number of aromatic hydroxyl groups is 2. The fourth-order valence-electron chi connectivity index (χ4n) is 2.69. The van der Waals surface area contributed by atoms with E-state index >= 15 is 0 Å². The molecule has 0 fully saturated rings. The van der Waals surface area contributed by atoms with Gasteiger partial charge in [0.25, 0.3) is 0 Å². The number of phenolic OH excluding ortho intramolecular Hbond substituents is 2. The summed E-state index contributed by atoms with van der Waals surface area (Å²) < 4.78 is 4.94. The van der Waals surface area contributed by atoms with Crippen LogP contribution in [-0.4, -0.2) is 17.3 Å². The summed E-state index contributed by atoms with van der Waals surface area (Å²) in [4.78, 5) is 0. The second kappa shape index (κ2) is 11.9. The normalized spacial score (nSPS) is 11.2. The van der Waals surface area contributed by atoms with Gasteiger partial charge in [0.1, 0.15) is 0 Å². The molecule has 0 spiro atoms. The summed E-state index contributed by atoms with van der Waals surface area (Å²) in [7, 11) is 1.44. The largest absolute Gasteiger partial charge is 0.504 e. The van der Waals surface area contributed by atoms with E-state index in [1.807, 2.05) is 0 Å². The number of rotatable bonds is 12. The first-order chi connectivity index (χ1) is 11.2. The number of hydrogen-bond acceptors (Lipinski definition) is 3. The van der Waals surface area contributed by atoms with Gasteiger partial charge in [-0.1, -0.05) is 51.2 Å². The molecule has 2 N–H and O–H groups in total. The molecule has 0 atom stereocenters. The van der Waals surface area contributed by atoms with Crippen molar-refractivity contribution in [2.24, 2.45) is 0 Å². The molecule has 0 aliphatic heterocycles. The Morgan fingerprint density at radius 3 is 2.04 bits per heavy atom. The SMILES string of the molecule is CCCCC=CCCCCCCCc1cc(O)c(OC)c(O)c1. The zero-order valence-corrected chi connectivity index (χ0v) is 14.7. The van der Waals surface area contributed by atoms with Crippen molar-refractivity contribution in [2.45, 2.75) is 71.1 Å². The standard InChI is InChI=1S/C20H32O3/c1-3-4-5-6-7-8-9-10-11-12-13-14-17-15-18(21)20(23-2)19(22)16-17/h6-7,15-16,21-22H,3-5,8-14H2,1-2H3. The van der Waals surface area contributed by atoms with Crippen molar-refractivity contribution < 1.29 is 14.9 Å². The summed E-state index contributed by atoms with van der Waals surface area (Å²) in [6, 6.07) is 3.36. The third-order valence-corrected chi connectivity index (χ3v) is 4.04. The molecule has 1 rings (SSSR count). The van der Waals surface area contributed by atoms with E-state index in [0.29, 0.717) is 0 Å². The van der Waals surface area contributed by atoms with Gasteiger partial charge in [-0.3, -0.25) is 0 Å². The molecule has 23 heavy (non-hydrogen) atoms. The van der Waals surface area contributed by atoms with Crippen LogP contribution in [0.2, 0.25) is 0 Å². The van der Waals surface area contributed by atoms with E-state index in [-0.39, 0.29) is 17.2 Å². The lowest BCUT2D eigenvalue weighted by Gasteiger charge is -2.08. The first-order valence-electron chi connectivity index (χ1n) is 8.92. The fourth-order valence-corrected chi connectivity index (χ4v) is 2.69. The minimum absolute atomic E-state index is 0.0114.